The third-order valence-corrected chi connectivity index (χ3v) is 18.9. The second-order valence-electron chi connectivity index (χ2n) is 29.0. The molecule has 6 heterocycles. The molecule has 0 spiro atoms. The molecule has 3 fully saturated rings. The number of nitrogen functional groups attached to an aromatic ring is 3. The van der Waals surface area contributed by atoms with Gasteiger partial charge >= 0.3 is 18.2 Å². The van der Waals surface area contributed by atoms with Crippen LogP contribution in [0.4, 0.5) is 40.2 Å². The summed E-state index contributed by atoms with van der Waals surface area (Å²) >= 11 is 18.1. The first-order chi connectivity index (χ1) is 55.7. The third-order valence-electron chi connectivity index (χ3n) is 18.2. The molecule has 3 atom stereocenters. The van der Waals surface area contributed by atoms with E-state index in [-0.39, 0.29) is 93.3 Å². The van der Waals surface area contributed by atoms with E-state index >= 15 is 4.39 Å². The van der Waals surface area contributed by atoms with Crippen LogP contribution in [-0.2, 0) is 23.7 Å². The van der Waals surface area contributed by atoms with Crippen molar-refractivity contribution in [3.63, 3.8) is 0 Å². The first-order valence-corrected chi connectivity index (χ1v) is 38.6. The van der Waals surface area contributed by atoms with Crippen LogP contribution >= 0.6 is 34.8 Å². The highest BCUT2D eigenvalue weighted by atomic mass is 35.5. The molecule has 15 N–H and O–H groups in total. The van der Waals surface area contributed by atoms with Crippen LogP contribution in [-0.4, -0.2) is 135 Å². The summed E-state index contributed by atoms with van der Waals surface area (Å²) in [6.07, 6.45) is 8.87. The lowest BCUT2D eigenvalue weighted by Crippen LogP contribution is -2.40. The molecule has 0 bridgehead atoms. The van der Waals surface area contributed by atoms with Gasteiger partial charge in [-0.2, -0.15) is 0 Å². The lowest BCUT2D eigenvalue weighted by atomic mass is 9.96. The number of nitrogens with two attached hydrogens (primary N) is 5. The highest BCUT2D eigenvalue weighted by molar-refractivity contribution is 6.31. The summed E-state index contributed by atoms with van der Waals surface area (Å²) in [5, 5.41) is 21.3. The smallest absolute Gasteiger partial charge is 0.407 e. The number of rotatable bonds is 19. The normalized spacial score (nSPS) is 14.3. The quantitative estimate of drug-likeness (QED) is 0.0359. The Morgan fingerprint density at radius 3 is 1.13 bits per heavy atom. The van der Waals surface area contributed by atoms with Gasteiger partial charge in [-0.3, -0.25) is 9.59 Å². The number of aromatic nitrogens is 6. The zero-order chi connectivity index (χ0) is 85.1. The summed E-state index contributed by atoms with van der Waals surface area (Å²) < 4.78 is 77.0. The number of benzene rings is 6. The standard InChI is InChI=1S/C29H33ClFN5O4.C24H25ClFN5O2.C16H16FN3O3.C13H19ClN2O2.C2H6.3CH4/c1-29(2,3)40-28(38)34-16-24(18-5-4-6-20(30)13-18)36-27(37)21-8-7-19(14-22(21)31)25-26(32)33-15-23(35-25)17-9-11-39-12-10-17;25-17-3-1-2-15(10-17)20(12-27)31-24(32)18-5-4-16(11-19(18)26)22-23(28)29-13-21(30-22)14-6-8-33-9-7-14;17-12-7-10(1-2-11(12)16(21)22)14-15(18)19-8-13(20-14)9-3-5-23-6-4-9;1-13(2,3)18-12(17)16-8-11(15)9-5-4-6-10(14)7-9;1-2;;;/h4-8,13-15,17,24H,9-12,16H2,1-3H3,(H2,32,33)(H,34,38)(H,36,37);1-5,10-11,13-14,20H,6-9,12,27H2,(H2,28,29)(H,31,32);1-2,7-9H,3-6H2,(H2,18,19)(H,21,22);4-7,11H,8,15H2,1-3H3,(H,16,17);1-2H3;3*1H4/t24-;20-;;11-;;;;/m11.1..../s1/i;;;;1D;;;. The van der Waals surface area contributed by atoms with E-state index in [1.54, 1.807) is 119 Å². The van der Waals surface area contributed by atoms with Crippen molar-refractivity contribution in [2.24, 2.45) is 11.5 Å². The van der Waals surface area contributed by atoms with Crippen LogP contribution in [0.2, 0.25) is 15.1 Å². The Morgan fingerprint density at radius 1 is 0.504 bits per heavy atom. The molecule has 4 amide bonds. The number of alkyl carbamates (subject to hydrolysis) is 2. The number of carbonyl (C=O) groups excluding carboxylic acids is 4. The summed E-state index contributed by atoms with van der Waals surface area (Å²) in [4.78, 5) is 87.1. The minimum atomic E-state index is -1.32. The Hall–Kier alpha value is -10.6. The van der Waals surface area contributed by atoms with Crippen molar-refractivity contribution >= 4 is 82.2 Å². The van der Waals surface area contributed by atoms with E-state index in [1.165, 1.54) is 36.4 Å². The SMILES string of the molecule is C.C.C.CC(C)(C)OC(=O)NC[C@@H](N)c1cccc(Cl)c1.CC(C)(C)OC(=O)NC[C@@H](NC(=O)c1ccc(-c2nc(C3CCOCC3)cnc2N)cc1F)c1cccc(Cl)c1.NC[C@@H](NC(=O)c1ccc(-c2nc(C3CCOCC3)cnc2N)cc1F)c1cccc(Cl)c1.Nc1ncc(C2CCOCC2)nc1-c1ccc(C(=O)O)c(F)c1.[2H]CC. The molecule has 6 aromatic carbocycles. The fraction of sp³-hybridized carbons (Fsp3) is 0.391. The predicted molar refractivity (Wildman–Crippen MR) is 462 cm³/mol. The van der Waals surface area contributed by atoms with Gasteiger partial charge in [-0.05, 0) is 170 Å². The van der Waals surface area contributed by atoms with Crippen molar-refractivity contribution in [2.75, 3.05) is 76.5 Å². The third kappa shape index (κ3) is 30.0. The molecule has 642 valence electrons. The second kappa shape index (κ2) is 47.2. The van der Waals surface area contributed by atoms with Gasteiger partial charge in [0.15, 0.2) is 0 Å². The highest BCUT2D eigenvalue weighted by Crippen LogP contribution is 2.35. The number of halogens is 6. The van der Waals surface area contributed by atoms with E-state index in [0.717, 1.165) is 72.8 Å². The fourth-order valence-corrected chi connectivity index (χ4v) is 12.9. The summed E-state index contributed by atoms with van der Waals surface area (Å²) in [5.74, 6) is -3.64. The van der Waals surface area contributed by atoms with Gasteiger partial charge in [-0.15, -0.1) is 0 Å². The van der Waals surface area contributed by atoms with E-state index in [0.29, 0.717) is 107 Å². The molecule has 0 radical (unpaired) electrons. The number of hydrogen-bond donors (Lipinski definition) is 10. The van der Waals surface area contributed by atoms with Crippen LogP contribution in [0.5, 0.6) is 0 Å². The number of nitrogens with one attached hydrogen (secondary N) is 4. The number of carbonyl (C=O) groups is 5. The molecular formula is C87H111Cl3F3N15O11. The van der Waals surface area contributed by atoms with Crippen LogP contribution in [0.25, 0.3) is 33.8 Å². The fourth-order valence-electron chi connectivity index (χ4n) is 12.3. The van der Waals surface area contributed by atoms with Crippen molar-refractivity contribution in [1.82, 2.24) is 51.2 Å². The van der Waals surface area contributed by atoms with Gasteiger partial charge in [-0.25, -0.2) is 57.5 Å². The summed E-state index contributed by atoms with van der Waals surface area (Å²) in [6, 6.07) is 31.8. The summed E-state index contributed by atoms with van der Waals surface area (Å²) in [7, 11) is 0. The van der Waals surface area contributed by atoms with Gasteiger partial charge in [0, 0.05) is 116 Å². The van der Waals surface area contributed by atoms with E-state index in [2.05, 4.69) is 51.2 Å². The van der Waals surface area contributed by atoms with Crippen LogP contribution in [0.15, 0.2) is 146 Å². The molecule has 0 aliphatic carbocycles. The highest BCUT2D eigenvalue weighted by Gasteiger charge is 2.28. The lowest BCUT2D eigenvalue weighted by molar-refractivity contribution is 0.0511. The molecule has 12 rings (SSSR count). The van der Waals surface area contributed by atoms with Gasteiger partial charge in [0.25, 0.3) is 11.8 Å². The molecular weight excluding hydrogens is 1590 g/mol. The minimum absolute atomic E-state index is 0. The number of aromatic carboxylic acids is 1. The summed E-state index contributed by atoms with van der Waals surface area (Å²) in [5.41, 5.74) is 34.9. The number of carboxylic acids is 1. The van der Waals surface area contributed by atoms with Crippen molar-refractivity contribution in [2.45, 2.75) is 163 Å². The molecule has 9 aromatic rings. The van der Waals surface area contributed by atoms with Crippen LogP contribution in [0.3, 0.4) is 0 Å². The Kier molecular flexibility index (Phi) is 38.6. The molecule has 3 aromatic heterocycles. The number of anilines is 3. The van der Waals surface area contributed by atoms with Gasteiger partial charge in [-0.1, -0.05) is 126 Å². The maximum atomic E-state index is 15.3. The largest absolute Gasteiger partial charge is 0.478 e. The van der Waals surface area contributed by atoms with Gasteiger partial charge in [0.05, 0.1) is 64.4 Å². The Balaban J connectivity index is 0.000000290. The zero-order valence-electron chi connectivity index (χ0n) is 66.5. The van der Waals surface area contributed by atoms with Crippen LogP contribution in [0, 0.1) is 17.5 Å². The Bertz CT molecular complexity index is 4860. The first kappa shape index (κ1) is 97.2. The van der Waals surface area contributed by atoms with Crippen molar-refractivity contribution in [3.05, 3.63) is 229 Å². The Labute approximate surface area is 710 Å². The van der Waals surface area contributed by atoms with E-state index in [1.807, 2.05) is 32.9 Å². The molecule has 3 aliphatic heterocycles. The lowest BCUT2D eigenvalue weighted by Gasteiger charge is -2.23. The Morgan fingerprint density at radius 2 is 0.815 bits per heavy atom. The van der Waals surface area contributed by atoms with Gasteiger partial charge in [0.1, 0.15) is 63.2 Å². The number of ether oxygens (including phenoxy) is 5. The minimum Gasteiger partial charge on any atom is -0.478 e. The molecule has 0 saturated carbocycles. The second-order valence-corrected chi connectivity index (χ2v) is 30.3. The molecule has 0 unspecified atom stereocenters. The predicted octanol–water partition coefficient (Wildman–Crippen LogP) is 17.5. The zero-order valence-corrected chi connectivity index (χ0v) is 67.8. The number of nitrogens with zero attached hydrogens (tertiary/aromatic N) is 6. The molecule has 26 nitrogen and oxygen atoms in total. The van der Waals surface area contributed by atoms with Crippen LogP contribution in [0.1, 0.15) is 218 Å². The van der Waals surface area contributed by atoms with Crippen molar-refractivity contribution < 1.29 is 67.3 Å². The monoisotopic (exact) mass is 1700 g/mol. The van der Waals surface area contributed by atoms with Gasteiger partial charge < -0.3 is 78.7 Å². The molecule has 119 heavy (non-hydrogen) atoms. The van der Waals surface area contributed by atoms with Crippen molar-refractivity contribution in [3.8, 4) is 33.8 Å². The molecule has 3 aliphatic rings. The maximum Gasteiger partial charge on any atom is 0.407 e. The summed E-state index contributed by atoms with van der Waals surface area (Å²) in [6.45, 7) is 17.4. The number of hydrogen-bond acceptors (Lipinski definition) is 21. The van der Waals surface area contributed by atoms with Gasteiger partial charge in [0.2, 0.25) is 0 Å². The maximum absolute atomic E-state index is 15.3. The first-order valence-electron chi connectivity index (χ1n) is 38.2. The van der Waals surface area contributed by atoms with Crippen LogP contribution < -0.4 is 49.9 Å². The average Bonchev–Trinajstić information content (AvgIpc) is 0.802. The topological polar surface area (TPSA) is 407 Å². The van der Waals surface area contributed by atoms with E-state index in [4.69, 9.17) is 93.6 Å². The van der Waals surface area contributed by atoms with E-state index in [9.17, 15) is 32.8 Å². The molecule has 3 saturated heterocycles. The average molecular weight is 1710 g/mol. The van der Waals surface area contributed by atoms with E-state index < -0.39 is 70.7 Å². The van der Waals surface area contributed by atoms with Crippen molar-refractivity contribution in [1.29, 1.82) is 0 Å². The number of carboxylic acid groups (broad SMARTS) is 1. The number of amides is 4. The molecule has 32 heteroatoms.